The van der Waals surface area contributed by atoms with Gasteiger partial charge in [-0.2, -0.15) is 0 Å². The van der Waals surface area contributed by atoms with E-state index in [4.69, 9.17) is 0 Å². The predicted octanol–water partition coefficient (Wildman–Crippen LogP) is 4.22. The van der Waals surface area contributed by atoms with E-state index in [-0.39, 0.29) is 17.6 Å². The molecule has 2 aromatic heterocycles. The summed E-state index contributed by atoms with van der Waals surface area (Å²) >= 11 is 0. The maximum absolute atomic E-state index is 13.1. The van der Waals surface area contributed by atoms with Crippen LogP contribution >= 0.6 is 0 Å². The molecule has 1 aliphatic rings. The number of hydrogen-bond acceptors (Lipinski definition) is 3. The fourth-order valence-electron chi connectivity index (χ4n) is 4.15. The van der Waals surface area contributed by atoms with Gasteiger partial charge in [0, 0.05) is 37.0 Å². The lowest BCUT2D eigenvalue weighted by molar-refractivity contribution is 0.0632. The summed E-state index contributed by atoms with van der Waals surface area (Å²) < 4.78 is 1.84. The third-order valence-electron chi connectivity index (χ3n) is 5.70. The molecule has 1 saturated heterocycles. The van der Waals surface area contributed by atoms with E-state index < -0.39 is 0 Å². The van der Waals surface area contributed by atoms with Crippen molar-refractivity contribution in [2.24, 2.45) is 5.92 Å². The average molecular weight is 383 g/mol. The van der Waals surface area contributed by atoms with Gasteiger partial charge >= 0.3 is 0 Å². The number of rotatable bonds is 3. The van der Waals surface area contributed by atoms with E-state index in [1.54, 1.807) is 11.1 Å². The van der Waals surface area contributed by atoms with Crippen molar-refractivity contribution in [1.29, 1.82) is 0 Å². The summed E-state index contributed by atoms with van der Waals surface area (Å²) in [6.07, 6.45) is 5.26. The number of pyridine rings is 1. The minimum atomic E-state index is -0.175. The van der Waals surface area contributed by atoms with Crippen LogP contribution in [0.2, 0.25) is 0 Å². The van der Waals surface area contributed by atoms with Crippen molar-refractivity contribution in [3.8, 4) is 0 Å². The molecule has 5 rings (SSSR count). The molecule has 1 amide bonds. The quantitative estimate of drug-likeness (QED) is 0.498. The molecule has 5 nitrogen and oxygen atoms in total. The molecule has 0 radical (unpaired) electrons. The third kappa shape index (κ3) is 3.29. The van der Waals surface area contributed by atoms with Crippen molar-refractivity contribution < 1.29 is 9.59 Å². The Kier molecular flexibility index (Phi) is 4.35. The highest BCUT2D eigenvalue weighted by molar-refractivity contribution is 6.02. The molecule has 0 spiro atoms. The van der Waals surface area contributed by atoms with Crippen molar-refractivity contribution in [2.75, 3.05) is 13.1 Å². The molecule has 144 valence electrons. The van der Waals surface area contributed by atoms with Crippen molar-refractivity contribution in [3.63, 3.8) is 0 Å². The number of aromatic nitrogens is 2. The molecule has 1 aliphatic heterocycles. The van der Waals surface area contributed by atoms with Gasteiger partial charge in [0.2, 0.25) is 0 Å². The summed E-state index contributed by atoms with van der Waals surface area (Å²) in [6.45, 7) is 1.10. The summed E-state index contributed by atoms with van der Waals surface area (Å²) in [7, 11) is 0. The normalized spacial score (nSPS) is 17.0. The molecular weight excluding hydrogens is 362 g/mol. The smallest absolute Gasteiger partial charge is 0.274 e. The predicted molar refractivity (Wildman–Crippen MR) is 112 cm³/mol. The Morgan fingerprint density at radius 3 is 2.66 bits per heavy atom. The Morgan fingerprint density at radius 1 is 0.966 bits per heavy atom. The van der Waals surface area contributed by atoms with E-state index in [1.165, 1.54) is 0 Å². The zero-order chi connectivity index (χ0) is 19.8. The van der Waals surface area contributed by atoms with Crippen LogP contribution in [0.4, 0.5) is 0 Å². The van der Waals surface area contributed by atoms with Gasteiger partial charge < -0.3 is 9.30 Å². The minimum Gasteiger partial charge on any atom is -0.337 e. The van der Waals surface area contributed by atoms with Gasteiger partial charge in [-0.1, -0.05) is 42.5 Å². The summed E-state index contributed by atoms with van der Waals surface area (Å²) in [5.74, 6) is -0.168. The second-order valence-electron chi connectivity index (χ2n) is 7.61. The van der Waals surface area contributed by atoms with Gasteiger partial charge in [0.1, 0.15) is 11.3 Å². The Bertz CT molecular complexity index is 1190. The van der Waals surface area contributed by atoms with Crippen LogP contribution in [0.15, 0.2) is 73.1 Å². The number of Topliss-reactive ketones (excluding diaryl/α,β-unsaturated/α-hetero) is 1. The van der Waals surface area contributed by atoms with Gasteiger partial charge in [0.15, 0.2) is 5.78 Å². The number of likely N-dealkylation sites (tertiary alicyclic amines) is 1. The largest absolute Gasteiger partial charge is 0.337 e. The average Bonchev–Trinajstić information content (AvgIpc) is 3.22. The van der Waals surface area contributed by atoms with E-state index in [2.05, 4.69) is 4.98 Å². The second kappa shape index (κ2) is 7.17. The number of carbonyl (C=O) groups excluding carboxylic acids is 2. The fourth-order valence-corrected chi connectivity index (χ4v) is 4.15. The first-order valence-corrected chi connectivity index (χ1v) is 9.95. The molecule has 29 heavy (non-hydrogen) atoms. The highest BCUT2D eigenvalue weighted by atomic mass is 16.2. The molecule has 0 saturated carbocycles. The summed E-state index contributed by atoms with van der Waals surface area (Å²) in [5.41, 5.74) is 1.89. The molecule has 1 fully saturated rings. The number of piperidine rings is 1. The number of hydrogen-bond donors (Lipinski definition) is 0. The molecule has 4 aromatic rings. The van der Waals surface area contributed by atoms with Gasteiger partial charge in [0.25, 0.3) is 5.91 Å². The zero-order valence-corrected chi connectivity index (χ0v) is 16.0. The van der Waals surface area contributed by atoms with Crippen molar-refractivity contribution in [2.45, 2.75) is 12.8 Å². The molecule has 2 aromatic carbocycles. The maximum Gasteiger partial charge on any atom is 0.274 e. The van der Waals surface area contributed by atoms with Gasteiger partial charge in [-0.25, -0.2) is 4.98 Å². The summed E-state index contributed by atoms with van der Waals surface area (Å²) in [5, 5.41) is 2.18. The maximum atomic E-state index is 13.1. The number of fused-ring (bicyclic) bond motifs is 2. The van der Waals surface area contributed by atoms with Crippen LogP contribution in [0.5, 0.6) is 0 Å². The SMILES string of the molecule is O=C(c1ccc2ccccc2c1)[C@@H]1CCCN(C(=O)c2cn3ccccc3n2)C1. The first-order chi connectivity index (χ1) is 14.2. The second-order valence-corrected chi connectivity index (χ2v) is 7.61. The van der Waals surface area contributed by atoms with Crippen LogP contribution < -0.4 is 0 Å². The van der Waals surface area contributed by atoms with Crippen molar-refractivity contribution in [3.05, 3.63) is 84.3 Å². The number of amides is 1. The monoisotopic (exact) mass is 383 g/mol. The van der Waals surface area contributed by atoms with Gasteiger partial charge in [-0.05, 0) is 41.8 Å². The zero-order valence-electron chi connectivity index (χ0n) is 16.0. The minimum absolute atomic E-state index is 0.107. The molecule has 5 heteroatoms. The van der Waals surface area contributed by atoms with Crippen molar-refractivity contribution in [1.82, 2.24) is 14.3 Å². The number of ketones is 1. The first kappa shape index (κ1) is 17.6. The van der Waals surface area contributed by atoms with Crippen LogP contribution in [-0.2, 0) is 0 Å². The molecule has 0 bridgehead atoms. The molecule has 3 heterocycles. The van der Waals surface area contributed by atoms with E-state index in [1.807, 2.05) is 71.3 Å². The number of carbonyl (C=O) groups is 2. The number of nitrogens with zero attached hydrogens (tertiary/aromatic N) is 3. The Morgan fingerprint density at radius 2 is 1.79 bits per heavy atom. The van der Waals surface area contributed by atoms with Gasteiger partial charge in [-0.15, -0.1) is 0 Å². The van der Waals surface area contributed by atoms with E-state index in [0.29, 0.717) is 18.8 Å². The fraction of sp³-hybridized carbons (Fsp3) is 0.208. The van der Waals surface area contributed by atoms with Crippen LogP contribution in [0.25, 0.3) is 16.4 Å². The molecule has 1 atom stereocenters. The third-order valence-corrected chi connectivity index (χ3v) is 5.70. The standard InChI is InChI=1S/C24H21N3O2/c28-23(19-11-10-17-6-1-2-7-18(17)14-19)20-8-5-13-27(15-20)24(29)21-16-26-12-4-3-9-22(26)25-21/h1-4,6-7,9-12,14,16,20H,5,8,13,15H2/t20-/m1/s1. The van der Waals surface area contributed by atoms with Gasteiger partial charge in [0.05, 0.1) is 0 Å². The van der Waals surface area contributed by atoms with Crippen LogP contribution in [-0.4, -0.2) is 39.1 Å². The first-order valence-electron chi connectivity index (χ1n) is 9.95. The Hall–Kier alpha value is -3.47. The van der Waals surface area contributed by atoms with E-state index in [0.717, 1.165) is 34.8 Å². The summed E-state index contributed by atoms with van der Waals surface area (Å²) in [6, 6.07) is 19.6. The van der Waals surface area contributed by atoms with Crippen molar-refractivity contribution >= 4 is 28.1 Å². The lowest BCUT2D eigenvalue weighted by Gasteiger charge is -2.31. The van der Waals surface area contributed by atoms with Crippen LogP contribution in [0, 0.1) is 5.92 Å². The topological polar surface area (TPSA) is 54.7 Å². The molecule has 0 N–H and O–H groups in total. The number of benzene rings is 2. The Balaban J connectivity index is 1.36. The molecular formula is C24H21N3O2. The van der Waals surface area contributed by atoms with E-state index in [9.17, 15) is 9.59 Å². The van der Waals surface area contributed by atoms with Crippen LogP contribution in [0.3, 0.4) is 0 Å². The number of imidazole rings is 1. The highest BCUT2D eigenvalue weighted by Crippen LogP contribution is 2.24. The van der Waals surface area contributed by atoms with Crippen LogP contribution in [0.1, 0.15) is 33.7 Å². The van der Waals surface area contributed by atoms with Gasteiger partial charge in [-0.3, -0.25) is 9.59 Å². The molecule has 0 unspecified atom stereocenters. The lowest BCUT2D eigenvalue weighted by atomic mass is 9.89. The lowest BCUT2D eigenvalue weighted by Crippen LogP contribution is -2.42. The molecule has 0 aliphatic carbocycles. The Labute approximate surface area is 168 Å². The van der Waals surface area contributed by atoms with E-state index >= 15 is 0 Å². The summed E-state index contributed by atoms with van der Waals surface area (Å²) in [4.78, 5) is 32.3. The highest BCUT2D eigenvalue weighted by Gasteiger charge is 2.30.